The summed E-state index contributed by atoms with van der Waals surface area (Å²) in [6.07, 6.45) is 3.53. The Morgan fingerprint density at radius 2 is 1.14 bits per heavy atom. The molecular formula is C4H18CoN4O12. The van der Waals surface area contributed by atoms with Crippen LogP contribution in [0.2, 0.25) is 0 Å². The fraction of sp³-hybridized carbons (Fsp3) is 0.250. The molecule has 0 aliphatic heterocycles. The van der Waals surface area contributed by atoms with Crippen LogP contribution >= 0.6 is 0 Å². The van der Waals surface area contributed by atoms with E-state index in [1.54, 1.807) is 12.4 Å². The van der Waals surface area contributed by atoms with Crippen molar-refractivity contribution < 1.29 is 59.8 Å². The molecular weight excluding hydrogens is 355 g/mol. The van der Waals surface area contributed by atoms with E-state index >= 15 is 0 Å². The number of nitrogens with zero attached hydrogens (tertiary/aromatic N) is 3. The summed E-state index contributed by atoms with van der Waals surface area (Å²) in [5.74, 6) is 0.968. The molecule has 0 aliphatic rings. The maximum Gasteiger partial charge on any atom is 2.00 e. The third-order valence-electron chi connectivity index (χ3n) is 0.635. The van der Waals surface area contributed by atoms with Crippen LogP contribution in [0.3, 0.4) is 0 Å². The van der Waals surface area contributed by atoms with Crippen molar-refractivity contribution in [3.05, 3.63) is 48.9 Å². The van der Waals surface area contributed by atoms with E-state index < -0.39 is 10.2 Å². The largest absolute Gasteiger partial charge is 2.00 e. The minimum Gasteiger partial charge on any atom is -0.412 e. The number of aromatic amines is 1. The van der Waals surface area contributed by atoms with Crippen LogP contribution in [-0.4, -0.2) is 53.0 Å². The third kappa shape index (κ3) is 189. The summed E-state index contributed by atoms with van der Waals surface area (Å²) >= 11 is 0. The SMILES string of the molecule is Cc1ncc[nH]1.O.O.O.O.O.O.O=[N+]([O-])[O-].O=[N+]([O-])[O-].[Co+2]. The molecule has 13 N–H and O–H groups in total. The van der Waals surface area contributed by atoms with E-state index in [0.29, 0.717) is 0 Å². The average molecular weight is 373 g/mol. The fourth-order valence-electron chi connectivity index (χ4n) is 0.344. The number of aromatic nitrogens is 2. The number of aryl methyl sites for hydroxylation is 1. The predicted octanol–water partition coefficient (Wildman–Crippen LogP) is -4.71. The van der Waals surface area contributed by atoms with Crippen LogP contribution < -0.4 is 0 Å². The van der Waals surface area contributed by atoms with Crippen LogP contribution in [0.15, 0.2) is 12.4 Å². The molecule has 1 aromatic rings. The summed E-state index contributed by atoms with van der Waals surface area (Å²) in [6, 6.07) is 0. The summed E-state index contributed by atoms with van der Waals surface area (Å²) in [7, 11) is 0. The molecule has 0 aromatic carbocycles. The van der Waals surface area contributed by atoms with Crippen LogP contribution in [0, 0.1) is 37.6 Å². The first kappa shape index (κ1) is 61.8. The van der Waals surface area contributed by atoms with E-state index in [1.165, 1.54) is 0 Å². The number of hydrogen-bond donors (Lipinski definition) is 1. The number of rotatable bonds is 0. The van der Waals surface area contributed by atoms with Gasteiger partial charge in [-0.15, -0.1) is 0 Å². The Morgan fingerprint density at radius 3 is 1.19 bits per heavy atom. The van der Waals surface area contributed by atoms with E-state index in [0.717, 1.165) is 5.82 Å². The fourth-order valence-corrected chi connectivity index (χ4v) is 0.344. The maximum atomic E-state index is 8.25. The molecule has 1 aromatic heterocycles. The Morgan fingerprint density at radius 1 is 0.905 bits per heavy atom. The van der Waals surface area contributed by atoms with Crippen molar-refractivity contribution in [2.75, 3.05) is 0 Å². The van der Waals surface area contributed by atoms with Crippen LogP contribution in [-0.2, 0) is 16.8 Å². The molecule has 0 spiro atoms. The Hall–Kier alpha value is -2.12. The van der Waals surface area contributed by atoms with Crippen LogP contribution in [0.25, 0.3) is 0 Å². The summed E-state index contributed by atoms with van der Waals surface area (Å²) < 4.78 is 0. The van der Waals surface area contributed by atoms with Gasteiger partial charge < -0.3 is 68.5 Å². The van der Waals surface area contributed by atoms with Crippen molar-refractivity contribution in [3.63, 3.8) is 0 Å². The van der Waals surface area contributed by atoms with Gasteiger partial charge in [-0.3, -0.25) is 0 Å². The molecule has 0 unspecified atom stereocenters. The molecule has 135 valence electrons. The van der Waals surface area contributed by atoms with Gasteiger partial charge in [-0.1, -0.05) is 0 Å². The molecule has 0 fully saturated rings. The number of imidazole rings is 1. The first-order valence-corrected chi connectivity index (χ1v) is 2.95. The Kier molecular flexibility index (Phi) is 127. The second-order valence-corrected chi connectivity index (χ2v) is 1.62. The second-order valence-electron chi connectivity index (χ2n) is 1.62. The minimum absolute atomic E-state index is 0. The molecule has 0 saturated heterocycles. The van der Waals surface area contributed by atoms with Crippen molar-refractivity contribution in [2.45, 2.75) is 6.92 Å². The maximum absolute atomic E-state index is 8.25. The molecule has 16 nitrogen and oxygen atoms in total. The number of nitrogens with one attached hydrogen (secondary N) is 1. The van der Waals surface area contributed by atoms with Gasteiger partial charge in [-0.25, -0.2) is 4.98 Å². The van der Waals surface area contributed by atoms with Gasteiger partial charge in [0, 0.05) is 12.4 Å². The zero-order chi connectivity index (χ0) is 11.6. The van der Waals surface area contributed by atoms with Gasteiger partial charge in [0.2, 0.25) is 0 Å². The van der Waals surface area contributed by atoms with E-state index in [4.69, 9.17) is 30.6 Å². The van der Waals surface area contributed by atoms with E-state index in [-0.39, 0.29) is 49.6 Å². The van der Waals surface area contributed by atoms with Crippen molar-refractivity contribution in [2.24, 2.45) is 0 Å². The molecule has 1 rings (SSSR count). The predicted molar refractivity (Wildman–Crippen MR) is 65.7 cm³/mol. The smallest absolute Gasteiger partial charge is 0.412 e. The molecule has 0 saturated carbocycles. The van der Waals surface area contributed by atoms with Gasteiger partial charge in [0.15, 0.2) is 0 Å². The van der Waals surface area contributed by atoms with Crippen molar-refractivity contribution in [1.82, 2.24) is 9.97 Å². The van der Waals surface area contributed by atoms with E-state index in [2.05, 4.69) is 9.97 Å². The third-order valence-corrected chi connectivity index (χ3v) is 0.635. The zero-order valence-electron chi connectivity index (χ0n) is 10.3. The summed E-state index contributed by atoms with van der Waals surface area (Å²) in [5, 5.41) is 29.5. The zero-order valence-corrected chi connectivity index (χ0v) is 11.3. The summed E-state index contributed by atoms with van der Waals surface area (Å²) in [6.45, 7) is 1.92. The van der Waals surface area contributed by atoms with Crippen molar-refractivity contribution in [3.8, 4) is 0 Å². The molecule has 0 bridgehead atoms. The van der Waals surface area contributed by atoms with Gasteiger partial charge in [-0.2, -0.15) is 0 Å². The topological polar surface area (TPSA) is 350 Å². The first-order valence-electron chi connectivity index (χ1n) is 2.95. The molecule has 21 heavy (non-hydrogen) atoms. The average Bonchev–Trinajstić information content (AvgIpc) is 2.36. The van der Waals surface area contributed by atoms with Crippen molar-refractivity contribution in [1.29, 1.82) is 0 Å². The van der Waals surface area contributed by atoms with E-state index in [9.17, 15) is 0 Å². The number of hydrogen-bond acceptors (Lipinski definition) is 7. The second kappa shape index (κ2) is 43.0. The standard InChI is InChI=1S/C4H6N2.Co.2NO3.6H2O/c1-4-5-2-3-6-4;;2*2-1(3)4;;;;;;/h2-3H,1H3,(H,5,6);;;;6*1H2/q;+2;2*-1;;;;;;. The Labute approximate surface area is 126 Å². The Bertz CT molecular complexity index is 250. The Balaban J connectivity index is -0.0000000129. The van der Waals surface area contributed by atoms with E-state index in [1.807, 2.05) is 6.92 Å². The van der Waals surface area contributed by atoms with Crippen LogP contribution in [0.1, 0.15) is 5.82 Å². The van der Waals surface area contributed by atoms with Gasteiger partial charge in [0.1, 0.15) is 5.82 Å². The molecule has 0 amide bonds. The van der Waals surface area contributed by atoms with Gasteiger partial charge in [0.25, 0.3) is 0 Å². The normalized spacial score (nSPS) is 4.81. The quantitative estimate of drug-likeness (QED) is 0.341. The number of H-pyrrole nitrogens is 1. The summed E-state index contributed by atoms with van der Waals surface area (Å²) in [4.78, 5) is 23.2. The van der Waals surface area contributed by atoms with Crippen LogP contribution in [0.5, 0.6) is 0 Å². The summed E-state index contributed by atoms with van der Waals surface area (Å²) in [5.41, 5.74) is 0. The molecule has 17 heteroatoms. The van der Waals surface area contributed by atoms with Gasteiger partial charge in [0.05, 0.1) is 10.2 Å². The molecule has 0 aliphatic carbocycles. The molecule has 1 radical (unpaired) electrons. The molecule has 0 atom stereocenters. The van der Waals surface area contributed by atoms with Crippen molar-refractivity contribution >= 4 is 0 Å². The first-order chi connectivity index (χ1) is 6.36. The van der Waals surface area contributed by atoms with Crippen LogP contribution in [0.4, 0.5) is 0 Å². The van der Waals surface area contributed by atoms with Gasteiger partial charge in [-0.05, 0) is 6.92 Å². The van der Waals surface area contributed by atoms with Gasteiger partial charge >= 0.3 is 16.8 Å². The monoisotopic (exact) mass is 373 g/mol. The minimum atomic E-state index is -1.75. The molecule has 1 heterocycles.